The summed E-state index contributed by atoms with van der Waals surface area (Å²) in [5, 5.41) is 22.5. The minimum atomic E-state index is -5.19. The number of piperidine rings is 1. The van der Waals surface area contributed by atoms with Crippen LogP contribution in [0, 0.1) is 24.5 Å². The molecule has 4 heterocycles. The Bertz CT molecular complexity index is 2090. The van der Waals surface area contributed by atoms with E-state index in [9.17, 15) is 57.0 Å². The summed E-state index contributed by atoms with van der Waals surface area (Å²) in [6.45, 7) is 6.06. The van der Waals surface area contributed by atoms with E-state index < -0.39 is 129 Å². The number of halogens is 2. The van der Waals surface area contributed by atoms with Crippen LogP contribution in [0.5, 0.6) is 0 Å². The third-order valence-electron chi connectivity index (χ3n) is 11.8. The number of cyclic esters (lactones) is 1. The minimum Gasteiger partial charge on any atom is -0.459 e. The van der Waals surface area contributed by atoms with Crippen LogP contribution in [0.1, 0.15) is 64.0 Å². The third-order valence-corrected chi connectivity index (χ3v) is 12.3. The molecule has 0 spiro atoms. The fraction of sp³-hybridized carbons (Fsp3) is 0.561. The monoisotopic (exact) mass is 905 g/mol. The Hall–Kier alpha value is -5.05. The summed E-state index contributed by atoms with van der Waals surface area (Å²) in [5.41, 5.74) is 1.26. The predicted molar refractivity (Wildman–Crippen MR) is 219 cm³/mol. The molecule has 0 aromatic heterocycles. The molecule has 2 aromatic carbocycles. The zero-order valence-corrected chi connectivity index (χ0v) is 36.1. The van der Waals surface area contributed by atoms with Gasteiger partial charge in [0.25, 0.3) is 0 Å². The van der Waals surface area contributed by atoms with E-state index in [0.29, 0.717) is 24.6 Å². The average Bonchev–Trinajstić information content (AvgIpc) is 3.81. The summed E-state index contributed by atoms with van der Waals surface area (Å²) in [6.07, 6.45) is -4.36. The molecule has 6 rings (SSSR count). The fourth-order valence-electron chi connectivity index (χ4n) is 8.75. The molecule has 4 fully saturated rings. The molecule has 1 unspecified atom stereocenters. The Morgan fingerprint density at radius 1 is 0.905 bits per heavy atom. The van der Waals surface area contributed by atoms with Gasteiger partial charge in [-0.25, -0.2) is 22.9 Å². The number of anilines is 1. The van der Waals surface area contributed by atoms with Crippen LogP contribution in [0.4, 0.5) is 19.3 Å². The molecule has 4 aliphatic heterocycles. The molecule has 2 aromatic rings. The van der Waals surface area contributed by atoms with E-state index in [-0.39, 0.29) is 37.4 Å². The number of ether oxygens (including phenoxy) is 1. The first kappa shape index (κ1) is 47.4. The second-order valence-electron chi connectivity index (χ2n) is 16.9. The average molecular weight is 906 g/mol. The van der Waals surface area contributed by atoms with Crippen LogP contribution in [0.25, 0.3) is 0 Å². The molecule has 6 amide bonds. The number of fused-ring (bicyclic) bond motifs is 3. The highest BCUT2D eigenvalue weighted by atomic mass is 31.2. The number of carbonyl (C=O) groups is 6. The number of esters is 1. The van der Waals surface area contributed by atoms with Gasteiger partial charge in [-0.05, 0) is 88.6 Å². The van der Waals surface area contributed by atoms with Crippen molar-refractivity contribution in [2.75, 3.05) is 25.0 Å². The number of aliphatic hydroxyl groups excluding tert-OH is 1. The van der Waals surface area contributed by atoms with Gasteiger partial charge in [0.15, 0.2) is 0 Å². The number of hydrogen-bond acceptors (Lipinski definition) is 11. The van der Waals surface area contributed by atoms with E-state index in [1.165, 1.54) is 23.6 Å². The third kappa shape index (κ3) is 11.8. The highest BCUT2D eigenvalue weighted by Gasteiger charge is 2.50. The summed E-state index contributed by atoms with van der Waals surface area (Å²) >= 11 is 0. The zero-order chi connectivity index (χ0) is 45.9. The minimum absolute atomic E-state index is 0.00475. The van der Waals surface area contributed by atoms with E-state index in [1.54, 1.807) is 24.3 Å². The van der Waals surface area contributed by atoms with Crippen LogP contribution in [0.2, 0.25) is 0 Å². The van der Waals surface area contributed by atoms with Gasteiger partial charge in [0.05, 0.1) is 12.1 Å². The number of nitrogens with zero attached hydrogens (tertiary/aromatic N) is 3. The number of carbonyl (C=O) groups excluding carboxylic acids is 6. The van der Waals surface area contributed by atoms with Gasteiger partial charge in [0.1, 0.15) is 54.2 Å². The maximum Gasteiger partial charge on any atom is 0.469 e. The van der Waals surface area contributed by atoms with Gasteiger partial charge in [0.2, 0.25) is 23.6 Å². The van der Waals surface area contributed by atoms with E-state index in [4.69, 9.17) is 9.26 Å². The Labute approximate surface area is 362 Å². The van der Waals surface area contributed by atoms with Gasteiger partial charge in [-0.3, -0.25) is 29.0 Å². The molecule has 63 heavy (non-hydrogen) atoms. The van der Waals surface area contributed by atoms with Crippen molar-refractivity contribution in [2.45, 2.75) is 121 Å². The lowest BCUT2D eigenvalue weighted by Crippen LogP contribution is -2.64. The van der Waals surface area contributed by atoms with E-state index in [1.807, 2.05) is 13.8 Å². The van der Waals surface area contributed by atoms with Crippen LogP contribution >= 0.6 is 7.82 Å². The summed E-state index contributed by atoms with van der Waals surface area (Å²) in [4.78, 5) is 108. The van der Waals surface area contributed by atoms with E-state index in [0.717, 1.165) is 22.6 Å². The SMILES string of the molecule is Cc1ccc(NC(=O)N[C@@H](Cc2cc(F)cc(F)c2)C(O)N[C@@H]2C(=O)N3C[C@H](OP(=O)(O)O)C[C@H]3C(=O)N3CCCC[C@H]3C(=O)N[C@@H](C)C(=O)N3C[C@H](C)C[C@H]3C(=O)O[C@H]2C)cc1. The molecule has 22 heteroatoms. The van der Waals surface area contributed by atoms with E-state index >= 15 is 0 Å². The Balaban J connectivity index is 1.39. The molecule has 0 radical (unpaired) electrons. The summed E-state index contributed by atoms with van der Waals surface area (Å²) < 4.78 is 51.8. The Morgan fingerprint density at radius 3 is 2.24 bits per heavy atom. The molecule has 10 atom stereocenters. The zero-order valence-electron chi connectivity index (χ0n) is 35.2. The first-order valence-electron chi connectivity index (χ1n) is 20.9. The molecule has 4 aliphatic rings. The fourth-order valence-corrected chi connectivity index (χ4v) is 9.29. The lowest BCUT2D eigenvalue weighted by Gasteiger charge is -2.40. The molecule has 4 saturated heterocycles. The normalized spacial score (nSPS) is 28.4. The maximum atomic E-state index is 15.0. The van der Waals surface area contributed by atoms with Gasteiger partial charge in [-0.1, -0.05) is 24.6 Å². The molecule has 7 N–H and O–H groups in total. The summed E-state index contributed by atoms with van der Waals surface area (Å²) in [5.74, 6) is -6.03. The number of phosphoric ester groups is 1. The van der Waals surface area contributed by atoms with Gasteiger partial charge >= 0.3 is 19.8 Å². The Kier molecular flexibility index (Phi) is 14.9. The number of rotatable bonds is 9. The molecular formula is C41H54F2N7O12P. The van der Waals surface area contributed by atoms with Crippen molar-refractivity contribution >= 4 is 49.1 Å². The second-order valence-corrected chi connectivity index (χ2v) is 18.1. The lowest BCUT2D eigenvalue weighted by atomic mass is 9.98. The largest absolute Gasteiger partial charge is 0.469 e. The molecular weight excluding hydrogens is 851 g/mol. The standard InChI is InChI=1S/C41H54F2N7O12P/c1-21-8-10-28(11-9-21)45-41(57)46-30(16-25-14-26(42)17-27(43)15-25)35(51)47-34-24(4)61-40(56)33-13-22(2)19-49(33)37(53)23(3)44-36(52)31-7-5-6-12-48(31)38(54)32-18-29(62-63(58,59)60)20-50(32)39(34)55/h8-11,14-15,17,22-24,29-35,47,51H,5-7,12-13,16,18-20H2,1-4H3,(H,44,52)(H2,45,46,57)(H2,58,59,60)/t22-,23+,24+,29-,30+,31+,32+,33+,34+,35?/m1/s1. The van der Waals surface area contributed by atoms with E-state index in [2.05, 4.69) is 21.3 Å². The number of urea groups is 1. The quantitative estimate of drug-likeness (QED) is 0.107. The van der Waals surface area contributed by atoms with Crippen molar-refractivity contribution in [3.8, 4) is 0 Å². The van der Waals surface area contributed by atoms with Crippen molar-refractivity contribution in [3.63, 3.8) is 0 Å². The van der Waals surface area contributed by atoms with Gasteiger partial charge in [0, 0.05) is 37.8 Å². The number of aryl methyl sites for hydroxylation is 1. The lowest BCUT2D eigenvalue weighted by molar-refractivity contribution is -0.163. The second kappa shape index (κ2) is 19.8. The van der Waals surface area contributed by atoms with Crippen molar-refractivity contribution in [1.29, 1.82) is 0 Å². The van der Waals surface area contributed by atoms with Crippen molar-refractivity contribution in [1.82, 2.24) is 30.7 Å². The highest BCUT2D eigenvalue weighted by Crippen LogP contribution is 2.41. The number of nitrogens with one attached hydrogen (secondary N) is 4. The van der Waals surface area contributed by atoms with Crippen LogP contribution in [0.15, 0.2) is 42.5 Å². The number of aliphatic hydroxyl groups is 1. The number of phosphoric acid groups is 1. The summed E-state index contributed by atoms with van der Waals surface area (Å²) in [6, 6.07) is 0.314. The smallest absolute Gasteiger partial charge is 0.459 e. The van der Waals surface area contributed by atoms with Gasteiger partial charge in [-0.2, -0.15) is 0 Å². The molecule has 19 nitrogen and oxygen atoms in total. The number of benzene rings is 2. The van der Waals surface area contributed by atoms with Gasteiger partial charge in [-0.15, -0.1) is 0 Å². The van der Waals surface area contributed by atoms with Crippen LogP contribution in [-0.4, -0.2) is 140 Å². The van der Waals surface area contributed by atoms with Crippen LogP contribution in [-0.2, 0) is 44.2 Å². The predicted octanol–water partition coefficient (Wildman–Crippen LogP) is 1.43. The molecule has 344 valence electrons. The van der Waals surface area contributed by atoms with Crippen molar-refractivity contribution < 1.29 is 66.3 Å². The topological polar surface area (TPSA) is 256 Å². The van der Waals surface area contributed by atoms with Crippen LogP contribution < -0.4 is 21.3 Å². The van der Waals surface area contributed by atoms with Crippen molar-refractivity contribution in [3.05, 3.63) is 65.2 Å². The number of hydrogen-bond donors (Lipinski definition) is 7. The highest BCUT2D eigenvalue weighted by molar-refractivity contribution is 7.46. The first-order chi connectivity index (χ1) is 29.7. The first-order valence-corrected chi connectivity index (χ1v) is 22.4. The van der Waals surface area contributed by atoms with Crippen LogP contribution in [0.3, 0.4) is 0 Å². The summed E-state index contributed by atoms with van der Waals surface area (Å²) in [7, 11) is -5.19. The Morgan fingerprint density at radius 2 is 1.57 bits per heavy atom. The molecule has 0 bridgehead atoms. The molecule has 0 aliphatic carbocycles. The number of amides is 6. The van der Waals surface area contributed by atoms with Crippen molar-refractivity contribution in [2.24, 2.45) is 5.92 Å². The maximum absolute atomic E-state index is 15.0. The molecule has 0 saturated carbocycles. The van der Waals surface area contributed by atoms with Gasteiger partial charge < -0.3 is 50.3 Å².